The first-order valence-corrected chi connectivity index (χ1v) is 10.5. The summed E-state index contributed by atoms with van der Waals surface area (Å²) in [5.74, 6) is -5.40. The van der Waals surface area contributed by atoms with Crippen LogP contribution < -0.4 is 11.1 Å². The Morgan fingerprint density at radius 1 is 1.33 bits per heavy atom. The van der Waals surface area contributed by atoms with Gasteiger partial charge in [-0.1, -0.05) is 12.2 Å². The number of nitrogens with one attached hydrogen (secondary N) is 2. The average Bonchev–Trinajstić information content (AvgIpc) is 3.17. The fourth-order valence-corrected chi connectivity index (χ4v) is 5.27. The number of carbonyl (C=O) groups excluding carboxylic acids is 1. The number of hydrogen-bond donors (Lipinski definition) is 6. The number of guanidine groups is 2. The van der Waals surface area contributed by atoms with Crippen LogP contribution in [0.25, 0.3) is 0 Å². The summed E-state index contributed by atoms with van der Waals surface area (Å²) in [6, 6.07) is -2.26. The Balaban J connectivity index is 1.70. The quantitative estimate of drug-likeness (QED) is 0.217. The molecule has 200 valence electrons. The molecule has 7 N–H and O–H groups in total. The molecular weight excluding hydrogens is 506 g/mol. The topological polar surface area (TPSA) is 168 Å². The second-order valence-corrected chi connectivity index (χ2v) is 9.01. The Labute approximate surface area is 199 Å². The van der Waals surface area contributed by atoms with E-state index in [1.807, 2.05) is 0 Å². The van der Waals surface area contributed by atoms with Crippen LogP contribution in [-0.2, 0) is 9.53 Å². The van der Waals surface area contributed by atoms with E-state index >= 15 is 0 Å². The molecule has 11 nitrogen and oxygen atoms in total. The summed E-state index contributed by atoms with van der Waals surface area (Å²) >= 11 is 0. The molecule has 3 aliphatic heterocycles. The van der Waals surface area contributed by atoms with Crippen molar-refractivity contribution in [1.82, 2.24) is 15.3 Å². The highest BCUT2D eigenvalue weighted by Crippen LogP contribution is 2.50. The standard InChI is InChI=1S/C19H22F6N6O5/c1-16(34)11(5-30-14(26)28-10(6-32)12-17(16,30)31(35)15(27)29-12)36-13(33)8-3-2-7(18(20,21)22)4-9(8)19(23,24)25/h2-3,9-12,32,34-35H,4-6H2,1H3,(H2,26,28)(H2,27,29)/t9?,10-,11-,12?,16-,17?/m0/s1. The van der Waals surface area contributed by atoms with Gasteiger partial charge in [-0.3, -0.25) is 10.6 Å². The van der Waals surface area contributed by atoms with Crippen molar-refractivity contribution in [3.63, 3.8) is 0 Å². The van der Waals surface area contributed by atoms with Gasteiger partial charge >= 0.3 is 18.3 Å². The summed E-state index contributed by atoms with van der Waals surface area (Å²) in [7, 11) is 0. The van der Waals surface area contributed by atoms with E-state index in [1.54, 1.807) is 0 Å². The van der Waals surface area contributed by atoms with Crippen LogP contribution in [0, 0.1) is 11.3 Å². The van der Waals surface area contributed by atoms with E-state index in [0.29, 0.717) is 17.2 Å². The van der Waals surface area contributed by atoms with Crippen molar-refractivity contribution in [3.8, 4) is 0 Å². The second kappa shape index (κ2) is 7.97. The molecule has 0 aromatic heterocycles. The number of nitrogens with zero attached hydrogens (tertiary/aromatic N) is 3. The first-order chi connectivity index (χ1) is 16.5. The third-order valence-corrected chi connectivity index (χ3v) is 7.05. The van der Waals surface area contributed by atoms with Gasteiger partial charge in [-0.15, -0.1) is 0 Å². The molecule has 0 aromatic carbocycles. The van der Waals surface area contributed by atoms with Crippen LogP contribution in [0.3, 0.4) is 0 Å². The maximum atomic E-state index is 13.6. The van der Waals surface area contributed by atoms with Gasteiger partial charge in [0.15, 0.2) is 17.7 Å². The summed E-state index contributed by atoms with van der Waals surface area (Å²) in [5.41, 5.74) is -1.05. The van der Waals surface area contributed by atoms with Crippen LogP contribution in [-0.4, -0.2) is 98.2 Å². The maximum Gasteiger partial charge on any atom is 0.412 e. The number of alkyl halides is 6. The predicted molar refractivity (Wildman–Crippen MR) is 107 cm³/mol. The van der Waals surface area contributed by atoms with Crippen LogP contribution in [0.2, 0.25) is 0 Å². The molecule has 0 amide bonds. The Morgan fingerprint density at radius 2 is 1.97 bits per heavy atom. The van der Waals surface area contributed by atoms with Gasteiger partial charge in [-0.25, -0.2) is 9.79 Å². The minimum absolute atomic E-state index is 0.298. The number of hydrogen-bond acceptors (Lipinski definition) is 9. The van der Waals surface area contributed by atoms with Gasteiger partial charge in [0.1, 0.15) is 17.7 Å². The van der Waals surface area contributed by atoms with Crippen molar-refractivity contribution >= 4 is 17.9 Å². The van der Waals surface area contributed by atoms with Crippen molar-refractivity contribution < 1.29 is 51.3 Å². The lowest BCUT2D eigenvalue weighted by Gasteiger charge is -2.51. The monoisotopic (exact) mass is 528 g/mol. The molecule has 36 heavy (non-hydrogen) atoms. The van der Waals surface area contributed by atoms with E-state index in [1.165, 1.54) is 0 Å². The third kappa shape index (κ3) is 3.51. The van der Waals surface area contributed by atoms with Crippen molar-refractivity contribution in [3.05, 3.63) is 23.3 Å². The molecule has 0 bridgehead atoms. The first-order valence-electron chi connectivity index (χ1n) is 10.5. The number of halogens is 6. The summed E-state index contributed by atoms with van der Waals surface area (Å²) in [5, 5.41) is 42.7. The minimum atomic E-state index is -5.22. The van der Waals surface area contributed by atoms with Gasteiger partial charge in [-0.05, 0) is 13.3 Å². The largest absolute Gasteiger partial charge is 0.454 e. The molecule has 3 unspecified atom stereocenters. The molecule has 0 saturated carbocycles. The van der Waals surface area contributed by atoms with Gasteiger partial charge in [0, 0.05) is 11.1 Å². The van der Waals surface area contributed by atoms with Crippen LogP contribution in [0.4, 0.5) is 26.3 Å². The van der Waals surface area contributed by atoms with E-state index in [0.717, 1.165) is 11.8 Å². The highest BCUT2D eigenvalue weighted by molar-refractivity contribution is 5.91. The molecule has 0 aromatic rings. The van der Waals surface area contributed by atoms with Gasteiger partial charge in [0.2, 0.25) is 5.96 Å². The molecule has 3 heterocycles. The smallest absolute Gasteiger partial charge is 0.412 e. The zero-order valence-corrected chi connectivity index (χ0v) is 18.4. The lowest BCUT2D eigenvalue weighted by atomic mass is 9.79. The summed E-state index contributed by atoms with van der Waals surface area (Å²) in [4.78, 5) is 18.0. The van der Waals surface area contributed by atoms with E-state index in [4.69, 9.17) is 15.9 Å². The SMILES string of the molecule is C[C@]1(O)[C@@H](OC(=O)C2=CC=C(C(F)(F)F)CC2C(F)(F)F)CN2C(N)=N[C@@H](CO)C3NC(=N)N(O)C321. The van der Waals surface area contributed by atoms with Crippen molar-refractivity contribution in [2.45, 2.75) is 55.1 Å². The van der Waals surface area contributed by atoms with Gasteiger partial charge < -0.3 is 30.9 Å². The number of nitrogens with two attached hydrogens (primary N) is 1. The maximum absolute atomic E-state index is 13.6. The minimum Gasteiger partial charge on any atom is -0.454 e. The Bertz CT molecular complexity index is 1070. The molecule has 2 fully saturated rings. The molecule has 6 atom stereocenters. The number of aliphatic hydroxyl groups is 2. The normalized spacial score (nSPS) is 36.5. The first kappa shape index (κ1) is 26.0. The summed E-state index contributed by atoms with van der Waals surface area (Å²) < 4.78 is 85.0. The highest BCUT2D eigenvalue weighted by atomic mass is 19.4. The second-order valence-electron chi connectivity index (χ2n) is 9.01. The van der Waals surface area contributed by atoms with Crippen LogP contribution in [0.15, 0.2) is 28.3 Å². The van der Waals surface area contributed by atoms with E-state index in [9.17, 15) is 46.6 Å². The lowest BCUT2D eigenvalue weighted by Crippen LogP contribution is -2.76. The Kier molecular flexibility index (Phi) is 5.77. The zero-order valence-electron chi connectivity index (χ0n) is 18.4. The number of carbonyl (C=O) groups is 1. The van der Waals surface area contributed by atoms with E-state index < -0.39 is 90.4 Å². The third-order valence-electron chi connectivity index (χ3n) is 7.05. The zero-order chi connectivity index (χ0) is 27.0. The Morgan fingerprint density at radius 3 is 2.53 bits per heavy atom. The number of aliphatic imine (C=N–C) groups is 1. The fraction of sp³-hybridized carbons (Fsp3) is 0.632. The summed E-state index contributed by atoms with van der Waals surface area (Å²) in [6.07, 6.45) is -12.7. The molecule has 1 spiro atoms. The van der Waals surface area contributed by atoms with E-state index in [-0.39, 0.29) is 5.96 Å². The fourth-order valence-electron chi connectivity index (χ4n) is 5.27. The summed E-state index contributed by atoms with van der Waals surface area (Å²) in [6.45, 7) is -0.0708. The number of aliphatic hydroxyl groups excluding tert-OH is 1. The molecule has 1 aliphatic carbocycles. The number of hydroxylamine groups is 2. The van der Waals surface area contributed by atoms with Crippen LogP contribution in [0.1, 0.15) is 13.3 Å². The molecule has 17 heteroatoms. The highest BCUT2D eigenvalue weighted by Gasteiger charge is 2.76. The molecule has 2 saturated heterocycles. The van der Waals surface area contributed by atoms with Gasteiger partial charge in [-0.2, -0.15) is 31.4 Å². The Hall–Kier alpha value is -3.05. The number of allylic oxidation sites excluding steroid dienone is 3. The lowest BCUT2D eigenvalue weighted by molar-refractivity contribution is -0.229. The van der Waals surface area contributed by atoms with Crippen molar-refractivity contribution in [1.29, 1.82) is 5.41 Å². The number of esters is 1. The van der Waals surface area contributed by atoms with E-state index in [2.05, 4.69) is 10.3 Å². The molecule has 0 radical (unpaired) electrons. The number of rotatable bonds is 3. The average molecular weight is 528 g/mol. The predicted octanol–water partition coefficient (Wildman–Crippen LogP) is -0.0546. The van der Waals surface area contributed by atoms with Crippen molar-refractivity contribution in [2.24, 2.45) is 16.6 Å². The molecular formula is C19H22F6N6O5. The van der Waals surface area contributed by atoms with Crippen LogP contribution in [0.5, 0.6) is 0 Å². The molecule has 4 aliphatic rings. The number of ether oxygens (including phenoxy) is 1. The van der Waals surface area contributed by atoms with Gasteiger partial charge in [0.25, 0.3) is 0 Å². The molecule has 4 rings (SSSR count). The van der Waals surface area contributed by atoms with Crippen LogP contribution >= 0.6 is 0 Å². The van der Waals surface area contributed by atoms with Crippen molar-refractivity contribution in [2.75, 3.05) is 13.2 Å². The van der Waals surface area contributed by atoms with Gasteiger partial charge in [0.05, 0.1) is 19.1 Å².